The van der Waals surface area contributed by atoms with Crippen molar-refractivity contribution in [2.45, 2.75) is 69.6 Å². The van der Waals surface area contributed by atoms with E-state index in [1.54, 1.807) is 0 Å². The summed E-state index contributed by atoms with van der Waals surface area (Å²) in [4.78, 5) is 13.5. The van der Waals surface area contributed by atoms with Gasteiger partial charge in [0.2, 0.25) is 5.91 Å². The maximum Gasteiger partial charge on any atom is 0.417 e. The van der Waals surface area contributed by atoms with Crippen LogP contribution in [0.25, 0.3) is 0 Å². The van der Waals surface area contributed by atoms with Gasteiger partial charge in [-0.1, -0.05) is 32.1 Å². The predicted molar refractivity (Wildman–Crippen MR) is 72.6 cm³/mol. The van der Waals surface area contributed by atoms with Crippen molar-refractivity contribution in [2.75, 3.05) is 13.1 Å². The van der Waals surface area contributed by atoms with Crippen molar-refractivity contribution in [3.8, 4) is 0 Å². The number of alkyl halides is 3. The summed E-state index contributed by atoms with van der Waals surface area (Å²) >= 11 is 0. The first kappa shape index (κ1) is 16.6. The van der Waals surface area contributed by atoms with E-state index in [1.807, 2.05) is 0 Å². The monoisotopic (exact) mass is 307 g/mol. The number of rotatable bonds is 3. The van der Waals surface area contributed by atoms with Gasteiger partial charge >= 0.3 is 6.18 Å². The zero-order valence-corrected chi connectivity index (χ0v) is 12.3. The smallest absolute Gasteiger partial charge is 0.380 e. The zero-order valence-electron chi connectivity index (χ0n) is 12.3. The number of carbonyl (C=O) groups excluding carboxylic acids is 1. The number of likely N-dealkylation sites (tertiary alicyclic amines) is 1. The van der Waals surface area contributed by atoms with Crippen LogP contribution in [0.4, 0.5) is 13.2 Å². The number of carbonyl (C=O) groups is 1. The Balaban J connectivity index is 1.75. The van der Waals surface area contributed by atoms with Crippen LogP contribution in [0.5, 0.6) is 0 Å². The lowest BCUT2D eigenvalue weighted by Crippen LogP contribution is -2.54. The standard InChI is InChI=1S/C15H24F3NO2/c16-15(17,18)14(21)8-10-19(11-9-14)13(20)7-6-12-4-2-1-3-5-12/h12,21H,1-11H2. The van der Waals surface area contributed by atoms with Gasteiger partial charge in [0.15, 0.2) is 5.60 Å². The second-order valence-electron chi connectivity index (χ2n) is 6.45. The Hall–Kier alpha value is -0.780. The molecule has 122 valence electrons. The highest BCUT2D eigenvalue weighted by molar-refractivity contribution is 5.76. The summed E-state index contributed by atoms with van der Waals surface area (Å²) in [6.07, 6.45) is 1.90. The minimum Gasteiger partial charge on any atom is -0.380 e. The van der Waals surface area contributed by atoms with Gasteiger partial charge in [-0.15, -0.1) is 0 Å². The Morgan fingerprint density at radius 1 is 1.14 bits per heavy atom. The van der Waals surface area contributed by atoms with Gasteiger partial charge in [0.1, 0.15) is 0 Å². The van der Waals surface area contributed by atoms with Crippen molar-refractivity contribution in [1.29, 1.82) is 0 Å². The van der Waals surface area contributed by atoms with Crippen LogP contribution in [0.1, 0.15) is 57.8 Å². The molecule has 1 amide bonds. The minimum absolute atomic E-state index is 0.000486. The lowest BCUT2D eigenvalue weighted by molar-refractivity contribution is -0.272. The van der Waals surface area contributed by atoms with Crippen molar-refractivity contribution < 1.29 is 23.1 Å². The van der Waals surface area contributed by atoms with Gasteiger partial charge in [-0.05, 0) is 12.3 Å². The van der Waals surface area contributed by atoms with Crippen LogP contribution >= 0.6 is 0 Å². The Kier molecular flexibility index (Phi) is 5.17. The van der Waals surface area contributed by atoms with Crippen LogP contribution in [0.15, 0.2) is 0 Å². The van der Waals surface area contributed by atoms with E-state index in [-0.39, 0.29) is 19.0 Å². The summed E-state index contributed by atoms with van der Waals surface area (Å²) in [5.41, 5.74) is -2.62. The Morgan fingerprint density at radius 2 is 1.71 bits per heavy atom. The fraction of sp³-hybridized carbons (Fsp3) is 0.933. The van der Waals surface area contributed by atoms with Gasteiger partial charge in [0.05, 0.1) is 0 Å². The maximum atomic E-state index is 12.7. The van der Waals surface area contributed by atoms with Crippen LogP contribution in [0.2, 0.25) is 0 Å². The van der Waals surface area contributed by atoms with Gasteiger partial charge in [0, 0.05) is 32.4 Å². The van der Waals surface area contributed by atoms with E-state index < -0.39 is 24.6 Å². The molecule has 1 aliphatic heterocycles. The average Bonchev–Trinajstić information content (AvgIpc) is 2.45. The summed E-state index contributed by atoms with van der Waals surface area (Å²) in [7, 11) is 0. The molecule has 1 aliphatic carbocycles. The number of nitrogens with zero attached hydrogens (tertiary/aromatic N) is 1. The van der Waals surface area contributed by atoms with Crippen molar-refractivity contribution in [3.05, 3.63) is 0 Å². The molecule has 1 N–H and O–H groups in total. The molecule has 2 aliphatic rings. The third kappa shape index (κ3) is 4.11. The molecule has 2 fully saturated rings. The molecule has 1 heterocycles. The van der Waals surface area contributed by atoms with Gasteiger partial charge in [-0.3, -0.25) is 4.79 Å². The van der Waals surface area contributed by atoms with E-state index in [9.17, 15) is 23.1 Å². The molecule has 0 unspecified atom stereocenters. The molecule has 0 aromatic heterocycles. The fourth-order valence-corrected chi connectivity index (χ4v) is 3.37. The van der Waals surface area contributed by atoms with Crippen molar-refractivity contribution >= 4 is 5.91 Å². The van der Waals surface area contributed by atoms with E-state index >= 15 is 0 Å². The summed E-state index contributed by atoms with van der Waals surface area (Å²) in [5.74, 6) is 0.532. The number of halogens is 3. The summed E-state index contributed by atoms with van der Waals surface area (Å²) in [6, 6.07) is 0. The van der Waals surface area contributed by atoms with E-state index in [1.165, 1.54) is 37.0 Å². The molecule has 2 rings (SSSR count). The van der Waals surface area contributed by atoms with Gasteiger partial charge in [0.25, 0.3) is 0 Å². The molecule has 3 nitrogen and oxygen atoms in total. The highest BCUT2D eigenvalue weighted by atomic mass is 19.4. The number of amides is 1. The molecular formula is C15H24F3NO2. The lowest BCUT2D eigenvalue weighted by atomic mass is 9.85. The summed E-state index contributed by atoms with van der Waals surface area (Å²) in [5, 5.41) is 9.58. The molecule has 0 atom stereocenters. The summed E-state index contributed by atoms with van der Waals surface area (Å²) in [6.45, 7) is -0.000972. The van der Waals surface area contributed by atoms with Crippen LogP contribution in [-0.4, -0.2) is 40.8 Å². The molecule has 0 spiro atoms. The molecule has 21 heavy (non-hydrogen) atoms. The fourth-order valence-electron chi connectivity index (χ4n) is 3.37. The molecule has 6 heteroatoms. The van der Waals surface area contributed by atoms with E-state index in [4.69, 9.17) is 0 Å². The van der Waals surface area contributed by atoms with Gasteiger partial charge < -0.3 is 10.0 Å². The Labute approximate surface area is 123 Å². The van der Waals surface area contributed by atoms with Crippen LogP contribution in [-0.2, 0) is 4.79 Å². The second kappa shape index (κ2) is 6.55. The zero-order chi connectivity index (χ0) is 15.5. The first-order valence-corrected chi connectivity index (χ1v) is 7.89. The second-order valence-corrected chi connectivity index (χ2v) is 6.45. The first-order chi connectivity index (χ1) is 9.82. The molecule has 0 bridgehead atoms. The van der Waals surface area contributed by atoms with Crippen LogP contribution in [0.3, 0.4) is 0 Å². The van der Waals surface area contributed by atoms with Crippen molar-refractivity contribution in [2.24, 2.45) is 5.92 Å². The Morgan fingerprint density at radius 3 is 2.24 bits per heavy atom. The number of piperidine rings is 1. The predicted octanol–water partition coefficient (Wildman–Crippen LogP) is 3.26. The topological polar surface area (TPSA) is 40.5 Å². The maximum absolute atomic E-state index is 12.7. The van der Waals surface area contributed by atoms with E-state index in [2.05, 4.69) is 0 Å². The molecule has 0 aromatic rings. The molecule has 1 saturated heterocycles. The molecule has 0 radical (unpaired) electrons. The number of aliphatic hydroxyl groups is 1. The van der Waals surface area contributed by atoms with Gasteiger partial charge in [-0.2, -0.15) is 13.2 Å². The number of hydrogen-bond acceptors (Lipinski definition) is 2. The normalized spacial score (nSPS) is 24.1. The highest BCUT2D eigenvalue weighted by Gasteiger charge is 2.54. The van der Waals surface area contributed by atoms with Crippen LogP contribution < -0.4 is 0 Å². The third-order valence-electron chi connectivity index (χ3n) is 4.96. The first-order valence-electron chi connectivity index (χ1n) is 7.89. The molecule has 0 aromatic carbocycles. The van der Waals surface area contributed by atoms with E-state index in [0.29, 0.717) is 12.3 Å². The average molecular weight is 307 g/mol. The highest BCUT2D eigenvalue weighted by Crippen LogP contribution is 2.38. The minimum atomic E-state index is -4.61. The van der Waals surface area contributed by atoms with Crippen molar-refractivity contribution in [1.82, 2.24) is 4.90 Å². The van der Waals surface area contributed by atoms with Crippen molar-refractivity contribution in [3.63, 3.8) is 0 Å². The Bertz CT molecular complexity index is 356. The molecular weight excluding hydrogens is 283 g/mol. The van der Waals surface area contributed by atoms with Crippen LogP contribution in [0, 0.1) is 5.92 Å². The SMILES string of the molecule is O=C(CCC1CCCCC1)N1CCC(O)(C(F)(F)F)CC1. The third-order valence-corrected chi connectivity index (χ3v) is 4.96. The quantitative estimate of drug-likeness (QED) is 0.869. The number of hydrogen-bond donors (Lipinski definition) is 1. The van der Waals surface area contributed by atoms with Gasteiger partial charge in [-0.25, -0.2) is 0 Å². The summed E-state index contributed by atoms with van der Waals surface area (Å²) < 4.78 is 38.1. The lowest BCUT2D eigenvalue weighted by Gasteiger charge is -2.39. The molecule has 1 saturated carbocycles. The largest absolute Gasteiger partial charge is 0.417 e. The van der Waals surface area contributed by atoms with E-state index in [0.717, 1.165) is 6.42 Å².